The van der Waals surface area contributed by atoms with Crippen molar-refractivity contribution in [1.29, 1.82) is 0 Å². The maximum Gasteiger partial charge on any atom is 0.319 e. The number of anilines is 1. The molecule has 122 valence electrons. The van der Waals surface area contributed by atoms with Crippen LogP contribution in [0, 0.1) is 18.7 Å². The molecule has 6 heteroatoms. The first kappa shape index (κ1) is 16.7. The van der Waals surface area contributed by atoms with Crippen molar-refractivity contribution < 1.29 is 14.3 Å². The minimum absolute atomic E-state index is 0.226. The van der Waals surface area contributed by atoms with Crippen molar-refractivity contribution in [2.75, 3.05) is 38.1 Å². The summed E-state index contributed by atoms with van der Waals surface area (Å²) in [7, 11) is 0. The number of amides is 2. The third-order valence-electron chi connectivity index (χ3n) is 3.87. The number of hydrogen-bond donors (Lipinski definition) is 3. The SMILES string of the molecule is Cc1cc(F)cc(NC(=O)NCCN2CCC[C@@H](CO)C2)c1. The van der Waals surface area contributed by atoms with E-state index in [2.05, 4.69) is 15.5 Å². The van der Waals surface area contributed by atoms with Crippen molar-refractivity contribution in [1.82, 2.24) is 10.2 Å². The molecule has 1 aromatic carbocycles. The van der Waals surface area contributed by atoms with Gasteiger partial charge >= 0.3 is 6.03 Å². The molecule has 2 amide bonds. The van der Waals surface area contributed by atoms with Crippen molar-refractivity contribution in [2.24, 2.45) is 5.92 Å². The van der Waals surface area contributed by atoms with E-state index in [-0.39, 0.29) is 18.5 Å². The van der Waals surface area contributed by atoms with Gasteiger partial charge in [-0.3, -0.25) is 0 Å². The number of benzene rings is 1. The van der Waals surface area contributed by atoms with Crippen LogP contribution < -0.4 is 10.6 Å². The number of nitrogens with zero attached hydrogens (tertiary/aromatic N) is 1. The summed E-state index contributed by atoms with van der Waals surface area (Å²) in [5.41, 5.74) is 1.21. The molecule has 0 radical (unpaired) electrons. The smallest absolute Gasteiger partial charge is 0.319 e. The molecule has 0 unspecified atom stereocenters. The number of halogens is 1. The monoisotopic (exact) mass is 309 g/mol. The van der Waals surface area contributed by atoms with Crippen LogP contribution in [0.4, 0.5) is 14.9 Å². The summed E-state index contributed by atoms with van der Waals surface area (Å²) in [6, 6.07) is 4.10. The highest BCUT2D eigenvalue weighted by atomic mass is 19.1. The molecule has 0 aromatic heterocycles. The highest BCUT2D eigenvalue weighted by molar-refractivity contribution is 5.89. The molecule has 1 fully saturated rings. The first-order chi connectivity index (χ1) is 10.6. The summed E-state index contributed by atoms with van der Waals surface area (Å²) < 4.78 is 13.2. The van der Waals surface area contributed by atoms with Gasteiger partial charge in [0.2, 0.25) is 0 Å². The summed E-state index contributed by atoms with van der Waals surface area (Å²) in [6.45, 7) is 5.17. The molecule has 1 heterocycles. The van der Waals surface area contributed by atoms with Gasteiger partial charge in [-0.2, -0.15) is 0 Å². The van der Waals surface area contributed by atoms with Gasteiger partial charge in [0.15, 0.2) is 0 Å². The maximum atomic E-state index is 13.2. The summed E-state index contributed by atoms with van der Waals surface area (Å²) >= 11 is 0. The standard InChI is InChI=1S/C16H24FN3O2/c1-12-7-14(17)9-15(8-12)19-16(22)18-4-6-20-5-2-3-13(10-20)11-21/h7-9,13,21H,2-6,10-11H2,1H3,(H2,18,19,22)/t13-/m1/s1. The minimum atomic E-state index is -0.362. The number of piperidine rings is 1. The molecule has 0 aliphatic carbocycles. The fraction of sp³-hybridized carbons (Fsp3) is 0.562. The molecule has 1 aliphatic heterocycles. The molecule has 1 aromatic rings. The minimum Gasteiger partial charge on any atom is -0.396 e. The average Bonchev–Trinajstić information content (AvgIpc) is 2.46. The van der Waals surface area contributed by atoms with E-state index >= 15 is 0 Å². The van der Waals surface area contributed by atoms with E-state index in [0.717, 1.165) is 38.0 Å². The molecule has 2 rings (SSSR count). The van der Waals surface area contributed by atoms with Crippen LogP contribution in [0.5, 0.6) is 0 Å². The van der Waals surface area contributed by atoms with E-state index in [1.54, 1.807) is 13.0 Å². The van der Waals surface area contributed by atoms with E-state index < -0.39 is 0 Å². The zero-order valence-corrected chi connectivity index (χ0v) is 12.9. The van der Waals surface area contributed by atoms with Gasteiger partial charge in [-0.05, 0) is 56.0 Å². The topological polar surface area (TPSA) is 64.6 Å². The van der Waals surface area contributed by atoms with Gasteiger partial charge in [0.25, 0.3) is 0 Å². The van der Waals surface area contributed by atoms with E-state index in [0.29, 0.717) is 18.2 Å². The van der Waals surface area contributed by atoms with Crippen LogP contribution >= 0.6 is 0 Å². The van der Waals surface area contributed by atoms with Gasteiger partial charge in [0.1, 0.15) is 5.82 Å². The first-order valence-electron chi connectivity index (χ1n) is 7.72. The van der Waals surface area contributed by atoms with Crippen molar-refractivity contribution in [3.05, 3.63) is 29.6 Å². The van der Waals surface area contributed by atoms with Gasteiger partial charge in [-0.1, -0.05) is 0 Å². The molecule has 1 atom stereocenters. The molecule has 3 N–H and O–H groups in total. The third kappa shape index (κ3) is 5.27. The average molecular weight is 309 g/mol. The number of rotatable bonds is 5. The van der Waals surface area contributed by atoms with E-state index in [1.807, 2.05) is 0 Å². The van der Waals surface area contributed by atoms with Gasteiger partial charge < -0.3 is 20.6 Å². The Bertz CT molecular complexity index is 490. The Balaban J connectivity index is 1.71. The van der Waals surface area contributed by atoms with Crippen LogP contribution in [-0.2, 0) is 0 Å². The van der Waals surface area contributed by atoms with Crippen LogP contribution in [0.1, 0.15) is 18.4 Å². The number of urea groups is 1. The lowest BCUT2D eigenvalue weighted by Crippen LogP contribution is -2.42. The number of hydrogen-bond acceptors (Lipinski definition) is 3. The van der Waals surface area contributed by atoms with Gasteiger partial charge in [0.05, 0.1) is 0 Å². The fourth-order valence-electron chi connectivity index (χ4n) is 2.81. The quantitative estimate of drug-likeness (QED) is 0.779. The maximum absolute atomic E-state index is 13.2. The number of nitrogens with one attached hydrogen (secondary N) is 2. The highest BCUT2D eigenvalue weighted by Crippen LogP contribution is 2.15. The fourth-order valence-corrected chi connectivity index (χ4v) is 2.81. The zero-order chi connectivity index (χ0) is 15.9. The molecular formula is C16H24FN3O2. The summed E-state index contributed by atoms with van der Waals surface area (Å²) in [5.74, 6) is -0.0171. The Kier molecular flexibility index (Phi) is 6.15. The summed E-state index contributed by atoms with van der Waals surface area (Å²) in [5, 5.41) is 14.6. The van der Waals surface area contributed by atoms with E-state index in [4.69, 9.17) is 0 Å². The second kappa shape index (κ2) is 8.10. The third-order valence-corrected chi connectivity index (χ3v) is 3.87. The first-order valence-corrected chi connectivity index (χ1v) is 7.72. The number of likely N-dealkylation sites (tertiary alicyclic amines) is 1. The molecular weight excluding hydrogens is 285 g/mol. The number of carbonyl (C=O) groups excluding carboxylic acids is 1. The molecule has 0 saturated carbocycles. The van der Waals surface area contributed by atoms with Crippen molar-refractivity contribution >= 4 is 11.7 Å². The Morgan fingerprint density at radius 2 is 2.27 bits per heavy atom. The molecule has 5 nitrogen and oxygen atoms in total. The van der Waals surface area contributed by atoms with Crippen LogP contribution in [-0.4, -0.2) is 48.8 Å². The Morgan fingerprint density at radius 3 is 3.00 bits per heavy atom. The largest absolute Gasteiger partial charge is 0.396 e. The van der Waals surface area contributed by atoms with E-state index in [9.17, 15) is 14.3 Å². The lowest BCUT2D eigenvalue weighted by molar-refractivity contribution is 0.121. The molecule has 0 bridgehead atoms. The predicted molar refractivity (Wildman–Crippen MR) is 84.4 cm³/mol. The molecule has 0 spiro atoms. The van der Waals surface area contributed by atoms with Crippen LogP contribution in [0.15, 0.2) is 18.2 Å². The Morgan fingerprint density at radius 1 is 1.45 bits per heavy atom. The lowest BCUT2D eigenvalue weighted by atomic mass is 9.99. The summed E-state index contributed by atoms with van der Waals surface area (Å²) in [4.78, 5) is 14.0. The number of carbonyl (C=O) groups is 1. The lowest BCUT2D eigenvalue weighted by Gasteiger charge is -2.31. The van der Waals surface area contributed by atoms with E-state index in [1.165, 1.54) is 12.1 Å². The molecule has 22 heavy (non-hydrogen) atoms. The zero-order valence-electron chi connectivity index (χ0n) is 12.9. The number of aryl methyl sites for hydroxylation is 1. The molecule has 1 aliphatic rings. The Labute approximate surface area is 130 Å². The van der Waals surface area contributed by atoms with Crippen LogP contribution in [0.25, 0.3) is 0 Å². The number of aliphatic hydroxyl groups is 1. The molecule has 1 saturated heterocycles. The van der Waals surface area contributed by atoms with Crippen molar-refractivity contribution in [2.45, 2.75) is 19.8 Å². The van der Waals surface area contributed by atoms with Crippen molar-refractivity contribution in [3.8, 4) is 0 Å². The Hall–Kier alpha value is -1.66. The van der Waals surface area contributed by atoms with Crippen LogP contribution in [0.2, 0.25) is 0 Å². The number of aliphatic hydroxyl groups excluding tert-OH is 1. The highest BCUT2D eigenvalue weighted by Gasteiger charge is 2.18. The normalized spacial score (nSPS) is 19.0. The predicted octanol–water partition coefficient (Wildman–Crippen LogP) is 1.96. The van der Waals surface area contributed by atoms with Crippen LogP contribution in [0.3, 0.4) is 0 Å². The van der Waals surface area contributed by atoms with Gasteiger partial charge in [-0.25, -0.2) is 9.18 Å². The second-order valence-corrected chi connectivity index (χ2v) is 5.89. The van der Waals surface area contributed by atoms with Crippen molar-refractivity contribution in [3.63, 3.8) is 0 Å². The van der Waals surface area contributed by atoms with Gasteiger partial charge in [-0.15, -0.1) is 0 Å². The summed E-state index contributed by atoms with van der Waals surface area (Å²) in [6.07, 6.45) is 2.15. The van der Waals surface area contributed by atoms with Gasteiger partial charge in [0, 0.05) is 31.9 Å². The second-order valence-electron chi connectivity index (χ2n) is 5.89.